The quantitative estimate of drug-likeness (QED) is 0.631. The Kier molecular flexibility index (Phi) is 3.22. The van der Waals surface area contributed by atoms with Gasteiger partial charge in [0.25, 0.3) is 0 Å². The molecule has 0 radical (unpaired) electrons. The summed E-state index contributed by atoms with van der Waals surface area (Å²) in [6.07, 6.45) is 6.20. The van der Waals surface area contributed by atoms with Crippen molar-refractivity contribution in [1.82, 2.24) is 5.32 Å². The molecule has 0 spiro atoms. The number of hydrogen-bond donors (Lipinski definition) is 2. The Balaban J connectivity index is 1.66. The van der Waals surface area contributed by atoms with Gasteiger partial charge in [-0.25, -0.2) is 0 Å². The number of hydrogen-bond acceptors (Lipinski definition) is 1. The van der Waals surface area contributed by atoms with Crippen molar-refractivity contribution in [3.8, 4) is 0 Å². The molecule has 18 heavy (non-hydrogen) atoms. The molecule has 0 aliphatic heterocycles. The lowest BCUT2D eigenvalue weighted by Gasteiger charge is -2.24. The van der Waals surface area contributed by atoms with E-state index < -0.39 is 0 Å². The van der Waals surface area contributed by atoms with E-state index in [-0.39, 0.29) is 0 Å². The van der Waals surface area contributed by atoms with Crippen LogP contribution in [0.5, 0.6) is 0 Å². The summed E-state index contributed by atoms with van der Waals surface area (Å²) in [6, 6.07) is 9.35. The summed E-state index contributed by atoms with van der Waals surface area (Å²) in [7, 11) is 0. The van der Waals surface area contributed by atoms with Crippen LogP contribution in [0, 0.1) is 0 Å². The minimum Gasteiger partial charge on any atom is -0.370 e. The lowest BCUT2D eigenvalue weighted by molar-refractivity contribution is 0.560. The Labute approximate surface area is 108 Å². The Bertz CT molecular complexity index is 449. The van der Waals surface area contributed by atoms with Crippen LogP contribution in [-0.4, -0.2) is 18.5 Å². The fourth-order valence-electron chi connectivity index (χ4n) is 2.74. The Morgan fingerprint density at radius 2 is 2.11 bits per heavy atom. The third kappa shape index (κ3) is 2.66. The first-order valence-corrected chi connectivity index (χ1v) is 6.97. The van der Waals surface area contributed by atoms with Crippen molar-refractivity contribution in [2.24, 2.45) is 10.7 Å². The van der Waals surface area contributed by atoms with Gasteiger partial charge in [-0.05, 0) is 43.2 Å². The molecule has 3 heteroatoms. The molecule has 96 valence electrons. The molecule has 1 unspecified atom stereocenters. The topological polar surface area (TPSA) is 50.4 Å². The summed E-state index contributed by atoms with van der Waals surface area (Å²) in [4.78, 5) is 4.51. The number of aryl methyl sites for hydroxylation is 1. The highest BCUT2D eigenvalue weighted by molar-refractivity contribution is 5.78. The number of aliphatic imine (C=N–C) groups is 1. The van der Waals surface area contributed by atoms with Crippen LogP contribution in [-0.2, 0) is 6.42 Å². The summed E-state index contributed by atoms with van der Waals surface area (Å²) >= 11 is 0. The monoisotopic (exact) mass is 243 g/mol. The molecule has 0 saturated heterocycles. The van der Waals surface area contributed by atoms with Crippen molar-refractivity contribution in [3.05, 3.63) is 35.4 Å². The normalized spacial score (nSPS) is 23.6. The minimum atomic E-state index is 0.550. The van der Waals surface area contributed by atoms with Gasteiger partial charge in [0.2, 0.25) is 0 Å². The van der Waals surface area contributed by atoms with Crippen molar-refractivity contribution in [1.29, 1.82) is 0 Å². The number of guanidine groups is 1. The first kappa shape index (κ1) is 11.6. The van der Waals surface area contributed by atoms with E-state index in [4.69, 9.17) is 5.73 Å². The molecule has 3 nitrogen and oxygen atoms in total. The second-order valence-corrected chi connectivity index (χ2v) is 5.43. The average molecular weight is 243 g/mol. The van der Waals surface area contributed by atoms with Gasteiger partial charge in [0.1, 0.15) is 0 Å². The largest absolute Gasteiger partial charge is 0.370 e. The minimum absolute atomic E-state index is 0.550. The maximum atomic E-state index is 5.89. The highest BCUT2D eigenvalue weighted by atomic mass is 15.1. The summed E-state index contributed by atoms with van der Waals surface area (Å²) in [6.45, 7) is 0.822. The predicted octanol–water partition coefficient (Wildman–Crippen LogP) is 2.17. The van der Waals surface area contributed by atoms with Gasteiger partial charge < -0.3 is 11.1 Å². The van der Waals surface area contributed by atoms with Gasteiger partial charge >= 0.3 is 0 Å². The lowest BCUT2D eigenvalue weighted by atomic mass is 9.83. The molecular formula is C15H21N3. The zero-order valence-corrected chi connectivity index (χ0v) is 10.7. The smallest absolute Gasteiger partial charge is 0.188 e. The molecule has 0 heterocycles. The van der Waals surface area contributed by atoms with E-state index in [9.17, 15) is 0 Å². The van der Waals surface area contributed by atoms with Gasteiger partial charge in [-0.3, -0.25) is 4.99 Å². The fraction of sp³-hybridized carbons (Fsp3) is 0.533. The van der Waals surface area contributed by atoms with Gasteiger partial charge in [0.05, 0.1) is 0 Å². The molecule has 1 aromatic carbocycles. The van der Waals surface area contributed by atoms with Crippen LogP contribution in [0.3, 0.4) is 0 Å². The molecule has 3 rings (SSSR count). The second kappa shape index (κ2) is 5.01. The van der Waals surface area contributed by atoms with Crippen LogP contribution < -0.4 is 11.1 Å². The second-order valence-electron chi connectivity index (χ2n) is 5.43. The van der Waals surface area contributed by atoms with Gasteiger partial charge in [-0.2, -0.15) is 0 Å². The van der Waals surface area contributed by atoms with Crippen LogP contribution in [0.25, 0.3) is 0 Å². The molecule has 1 saturated carbocycles. The van der Waals surface area contributed by atoms with Gasteiger partial charge in [-0.15, -0.1) is 0 Å². The summed E-state index contributed by atoms with van der Waals surface area (Å²) < 4.78 is 0. The zero-order chi connectivity index (χ0) is 12.4. The summed E-state index contributed by atoms with van der Waals surface area (Å²) in [5.74, 6) is 1.18. The third-order valence-electron chi connectivity index (χ3n) is 3.90. The van der Waals surface area contributed by atoms with Crippen LogP contribution in [0.4, 0.5) is 0 Å². The Morgan fingerprint density at radius 1 is 1.28 bits per heavy atom. The third-order valence-corrected chi connectivity index (χ3v) is 3.90. The molecule has 0 bridgehead atoms. The Morgan fingerprint density at radius 3 is 2.94 bits per heavy atom. The van der Waals surface area contributed by atoms with Crippen LogP contribution in [0.15, 0.2) is 29.3 Å². The maximum absolute atomic E-state index is 5.89. The molecule has 2 aliphatic carbocycles. The summed E-state index contributed by atoms with van der Waals surface area (Å²) in [5, 5.41) is 3.25. The van der Waals surface area contributed by atoms with E-state index in [1.807, 2.05) is 0 Å². The number of nitrogens with zero attached hydrogens (tertiary/aromatic N) is 1. The molecule has 1 aromatic rings. The van der Waals surface area contributed by atoms with Gasteiger partial charge in [0, 0.05) is 18.5 Å². The predicted molar refractivity (Wildman–Crippen MR) is 74.8 cm³/mol. The summed E-state index contributed by atoms with van der Waals surface area (Å²) in [5.41, 5.74) is 8.87. The number of nitrogens with two attached hydrogens (primary N) is 1. The van der Waals surface area contributed by atoms with Gasteiger partial charge in [0.15, 0.2) is 5.96 Å². The SMILES string of the molecule is NC(=NCC1CCCc2ccccc21)NC1CC1. The van der Waals surface area contributed by atoms with Crippen molar-refractivity contribution >= 4 is 5.96 Å². The van der Waals surface area contributed by atoms with Crippen molar-refractivity contribution < 1.29 is 0 Å². The highest BCUT2D eigenvalue weighted by Gasteiger charge is 2.22. The molecule has 0 amide bonds. The van der Waals surface area contributed by atoms with E-state index in [0.717, 1.165) is 6.54 Å². The number of fused-ring (bicyclic) bond motifs is 1. The number of nitrogens with one attached hydrogen (secondary N) is 1. The first-order chi connectivity index (χ1) is 8.83. The van der Waals surface area contributed by atoms with Gasteiger partial charge in [-0.1, -0.05) is 24.3 Å². The highest BCUT2D eigenvalue weighted by Crippen LogP contribution is 2.31. The molecule has 3 N–H and O–H groups in total. The van der Waals surface area contributed by atoms with E-state index in [1.165, 1.54) is 43.2 Å². The first-order valence-electron chi connectivity index (χ1n) is 6.97. The van der Waals surface area contributed by atoms with E-state index in [1.54, 1.807) is 0 Å². The van der Waals surface area contributed by atoms with Crippen LogP contribution in [0.1, 0.15) is 42.7 Å². The van der Waals surface area contributed by atoms with Crippen LogP contribution in [0.2, 0.25) is 0 Å². The average Bonchev–Trinajstić information content (AvgIpc) is 3.20. The van der Waals surface area contributed by atoms with E-state index in [2.05, 4.69) is 34.6 Å². The number of benzene rings is 1. The molecular weight excluding hydrogens is 222 g/mol. The standard InChI is InChI=1S/C15H21N3/c16-15(18-13-8-9-13)17-10-12-6-3-5-11-4-1-2-7-14(11)12/h1-2,4,7,12-13H,3,5-6,8-10H2,(H3,16,17,18). The molecule has 1 fully saturated rings. The number of rotatable bonds is 3. The maximum Gasteiger partial charge on any atom is 0.188 e. The van der Waals surface area contributed by atoms with E-state index in [0.29, 0.717) is 17.9 Å². The molecule has 0 aromatic heterocycles. The zero-order valence-electron chi connectivity index (χ0n) is 10.7. The van der Waals surface area contributed by atoms with E-state index >= 15 is 0 Å². The van der Waals surface area contributed by atoms with Crippen molar-refractivity contribution in [2.45, 2.75) is 44.1 Å². The fourth-order valence-corrected chi connectivity index (χ4v) is 2.74. The molecule has 1 atom stereocenters. The lowest BCUT2D eigenvalue weighted by Crippen LogP contribution is -2.33. The Hall–Kier alpha value is -1.51. The van der Waals surface area contributed by atoms with Crippen molar-refractivity contribution in [3.63, 3.8) is 0 Å². The van der Waals surface area contributed by atoms with Crippen molar-refractivity contribution in [2.75, 3.05) is 6.54 Å². The molecule has 2 aliphatic rings. The van der Waals surface area contributed by atoms with Crippen LogP contribution >= 0.6 is 0 Å².